The number of nitrogens with zero attached hydrogens (tertiary/aromatic N) is 1. The van der Waals surface area contributed by atoms with Crippen LogP contribution in [-0.4, -0.2) is 17.4 Å². The lowest BCUT2D eigenvalue weighted by Crippen LogP contribution is -2.31. The van der Waals surface area contributed by atoms with Crippen LogP contribution in [0.3, 0.4) is 0 Å². The predicted molar refractivity (Wildman–Crippen MR) is 91.6 cm³/mol. The summed E-state index contributed by atoms with van der Waals surface area (Å²) in [6.45, 7) is 1.45. The van der Waals surface area contributed by atoms with Gasteiger partial charge in [-0.1, -0.05) is 35.3 Å². The molecule has 2 aromatic rings. The fraction of sp³-hybridized carbons (Fsp3) is 0.188. The minimum Gasteiger partial charge on any atom is -0.477 e. The maximum Gasteiger partial charge on any atom is 0.312 e. The summed E-state index contributed by atoms with van der Waals surface area (Å²) < 4.78 is 5.24. The monoisotopic (exact) mass is 368 g/mol. The highest BCUT2D eigenvalue weighted by Crippen LogP contribution is 2.29. The van der Waals surface area contributed by atoms with E-state index in [0.29, 0.717) is 5.02 Å². The number of amides is 1. The van der Waals surface area contributed by atoms with Crippen molar-refractivity contribution in [3.05, 3.63) is 68.2 Å². The van der Waals surface area contributed by atoms with Gasteiger partial charge in [0, 0.05) is 16.1 Å². The Balaban J connectivity index is 1.97. The minimum absolute atomic E-state index is 0.0186. The van der Waals surface area contributed by atoms with Crippen LogP contribution < -0.4 is 10.1 Å². The molecular weight excluding hydrogens is 355 g/mol. The molecule has 8 heteroatoms. The molecule has 0 fully saturated rings. The highest BCUT2D eigenvalue weighted by Gasteiger charge is 2.17. The summed E-state index contributed by atoms with van der Waals surface area (Å²) in [6.07, 6.45) is 0. The van der Waals surface area contributed by atoms with E-state index in [4.69, 9.17) is 27.9 Å². The molecule has 6 nitrogen and oxygen atoms in total. The van der Waals surface area contributed by atoms with E-state index in [0.717, 1.165) is 5.56 Å². The molecule has 0 spiro atoms. The number of rotatable bonds is 6. The summed E-state index contributed by atoms with van der Waals surface area (Å²) in [5.41, 5.74) is 0.548. The molecule has 0 heterocycles. The van der Waals surface area contributed by atoms with Gasteiger partial charge in [0.05, 0.1) is 11.0 Å². The molecule has 1 atom stereocenters. The molecule has 0 saturated heterocycles. The van der Waals surface area contributed by atoms with E-state index in [1.807, 2.05) is 6.07 Å². The smallest absolute Gasteiger partial charge is 0.312 e. The van der Waals surface area contributed by atoms with Gasteiger partial charge in [-0.3, -0.25) is 14.9 Å². The van der Waals surface area contributed by atoms with Crippen LogP contribution in [-0.2, 0) is 4.79 Å². The van der Waals surface area contributed by atoms with E-state index in [-0.39, 0.29) is 29.1 Å². The lowest BCUT2D eigenvalue weighted by atomic mass is 10.1. The SMILES string of the molecule is C[C@@H](NC(=O)COc1ccc(Cl)cc1[N+](=O)[O-])c1cccc(Cl)c1. The maximum atomic E-state index is 12.0. The molecule has 24 heavy (non-hydrogen) atoms. The van der Waals surface area contributed by atoms with Crippen molar-refractivity contribution < 1.29 is 14.5 Å². The number of benzene rings is 2. The van der Waals surface area contributed by atoms with Gasteiger partial charge in [-0.05, 0) is 36.8 Å². The van der Waals surface area contributed by atoms with Crippen LogP contribution in [0, 0.1) is 10.1 Å². The molecule has 1 N–H and O–H groups in total. The van der Waals surface area contributed by atoms with Gasteiger partial charge in [-0.2, -0.15) is 0 Å². The van der Waals surface area contributed by atoms with Crippen LogP contribution in [0.1, 0.15) is 18.5 Å². The van der Waals surface area contributed by atoms with Gasteiger partial charge in [0.25, 0.3) is 5.91 Å². The Morgan fingerprint density at radius 2 is 1.96 bits per heavy atom. The van der Waals surface area contributed by atoms with Crippen LogP contribution in [0.2, 0.25) is 10.0 Å². The zero-order valence-corrected chi connectivity index (χ0v) is 14.2. The second-order valence-corrected chi connectivity index (χ2v) is 5.87. The number of ether oxygens (including phenoxy) is 1. The third-order valence-electron chi connectivity index (χ3n) is 3.20. The molecule has 126 valence electrons. The quantitative estimate of drug-likeness (QED) is 0.612. The normalized spacial score (nSPS) is 11.6. The van der Waals surface area contributed by atoms with Crippen molar-refractivity contribution >= 4 is 34.8 Å². The van der Waals surface area contributed by atoms with Crippen molar-refractivity contribution in [3.8, 4) is 5.75 Å². The molecule has 0 aliphatic rings. The number of hydrogen-bond acceptors (Lipinski definition) is 4. The number of hydrogen-bond donors (Lipinski definition) is 1. The van der Waals surface area contributed by atoms with Gasteiger partial charge >= 0.3 is 5.69 Å². The van der Waals surface area contributed by atoms with Gasteiger partial charge in [-0.15, -0.1) is 0 Å². The summed E-state index contributed by atoms with van der Waals surface area (Å²) in [5, 5.41) is 14.5. The third-order valence-corrected chi connectivity index (χ3v) is 3.67. The second-order valence-electron chi connectivity index (χ2n) is 5.00. The number of halogens is 2. The minimum atomic E-state index is -0.617. The molecule has 0 radical (unpaired) electrons. The van der Waals surface area contributed by atoms with Crippen LogP contribution in [0.5, 0.6) is 5.75 Å². The Bertz CT molecular complexity index is 767. The Kier molecular flexibility index (Phi) is 6.00. The standard InChI is InChI=1S/C16H14Cl2N2O4/c1-10(11-3-2-4-12(17)7-11)19-16(21)9-24-15-6-5-13(18)8-14(15)20(22)23/h2-8,10H,9H2,1H3,(H,19,21)/t10-/m1/s1. The molecular formula is C16H14Cl2N2O4. The number of nitro groups is 1. The van der Waals surface area contributed by atoms with Gasteiger partial charge in [0.15, 0.2) is 12.4 Å². The lowest BCUT2D eigenvalue weighted by molar-refractivity contribution is -0.385. The van der Waals surface area contributed by atoms with E-state index >= 15 is 0 Å². The first-order chi connectivity index (χ1) is 11.4. The number of carbonyl (C=O) groups excluding carboxylic acids is 1. The van der Waals surface area contributed by atoms with Crippen LogP contribution in [0.4, 0.5) is 5.69 Å². The average Bonchev–Trinajstić information content (AvgIpc) is 2.53. The van der Waals surface area contributed by atoms with Crippen LogP contribution in [0.25, 0.3) is 0 Å². The van der Waals surface area contributed by atoms with Crippen molar-refractivity contribution in [2.45, 2.75) is 13.0 Å². The fourth-order valence-electron chi connectivity index (χ4n) is 2.04. The van der Waals surface area contributed by atoms with Gasteiger partial charge in [-0.25, -0.2) is 0 Å². The van der Waals surface area contributed by atoms with Crippen molar-refractivity contribution in [1.82, 2.24) is 5.32 Å². The summed E-state index contributed by atoms with van der Waals surface area (Å²) in [5.74, 6) is -0.429. The average molecular weight is 369 g/mol. The number of carbonyl (C=O) groups is 1. The maximum absolute atomic E-state index is 12.0. The predicted octanol–water partition coefficient (Wildman–Crippen LogP) is 4.16. The lowest BCUT2D eigenvalue weighted by Gasteiger charge is -2.15. The Morgan fingerprint density at radius 3 is 2.62 bits per heavy atom. The molecule has 2 rings (SSSR count). The molecule has 0 bridgehead atoms. The van der Waals surface area contributed by atoms with E-state index in [2.05, 4.69) is 5.32 Å². The number of nitrogens with one attached hydrogen (secondary N) is 1. The van der Waals surface area contributed by atoms with E-state index in [1.165, 1.54) is 18.2 Å². The molecule has 0 aliphatic carbocycles. The van der Waals surface area contributed by atoms with Crippen molar-refractivity contribution in [1.29, 1.82) is 0 Å². The van der Waals surface area contributed by atoms with E-state index in [9.17, 15) is 14.9 Å². The topological polar surface area (TPSA) is 81.5 Å². The first-order valence-electron chi connectivity index (χ1n) is 6.98. The third kappa shape index (κ3) is 4.84. The second kappa shape index (κ2) is 7.99. The van der Waals surface area contributed by atoms with E-state index < -0.39 is 10.8 Å². The van der Waals surface area contributed by atoms with Gasteiger partial charge in [0.1, 0.15) is 0 Å². The Morgan fingerprint density at radius 1 is 1.25 bits per heavy atom. The first kappa shape index (κ1) is 18.0. The number of nitro benzene ring substituents is 1. The Hall–Kier alpha value is -2.31. The molecule has 0 aliphatic heterocycles. The largest absolute Gasteiger partial charge is 0.477 e. The highest BCUT2D eigenvalue weighted by atomic mass is 35.5. The summed E-state index contributed by atoms with van der Waals surface area (Å²) >= 11 is 11.6. The summed E-state index contributed by atoms with van der Waals surface area (Å²) in [4.78, 5) is 22.3. The molecule has 0 aromatic heterocycles. The van der Waals surface area contributed by atoms with Crippen molar-refractivity contribution in [3.63, 3.8) is 0 Å². The molecule has 0 saturated carbocycles. The van der Waals surface area contributed by atoms with Crippen molar-refractivity contribution in [2.24, 2.45) is 0 Å². The van der Waals surface area contributed by atoms with Gasteiger partial charge < -0.3 is 10.1 Å². The zero-order chi connectivity index (χ0) is 17.7. The fourth-order valence-corrected chi connectivity index (χ4v) is 2.41. The first-order valence-corrected chi connectivity index (χ1v) is 7.74. The summed E-state index contributed by atoms with van der Waals surface area (Å²) in [6, 6.07) is 10.8. The van der Waals surface area contributed by atoms with Gasteiger partial charge in [0.2, 0.25) is 0 Å². The van der Waals surface area contributed by atoms with Crippen LogP contribution in [0.15, 0.2) is 42.5 Å². The van der Waals surface area contributed by atoms with Crippen molar-refractivity contribution in [2.75, 3.05) is 6.61 Å². The molecule has 0 unspecified atom stereocenters. The molecule has 1 amide bonds. The Labute approximate surface area is 148 Å². The van der Waals surface area contributed by atoms with E-state index in [1.54, 1.807) is 25.1 Å². The zero-order valence-electron chi connectivity index (χ0n) is 12.7. The highest BCUT2D eigenvalue weighted by molar-refractivity contribution is 6.31. The summed E-state index contributed by atoms with van der Waals surface area (Å²) in [7, 11) is 0. The van der Waals surface area contributed by atoms with Crippen LogP contribution >= 0.6 is 23.2 Å². The molecule has 2 aromatic carbocycles.